The largest absolute Gasteiger partial charge is 0.378 e. The molecule has 1 aliphatic rings. The second-order valence-electron chi connectivity index (χ2n) is 4.11. The molecule has 2 atom stereocenters. The highest BCUT2D eigenvalue weighted by Crippen LogP contribution is 2.14. The number of nitrogens with two attached hydrogens (primary N) is 1. The Balaban J connectivity index is 2.05. The van der Waals surface area contributed by atoms with E-state index in [1.165, 1.54) is 0 Å². The number of nitrogens with one attached hydrogen (secondary N) is 1. The van der Waals surface area contributed by atoms with E-state index in [1.807, 2.05) is 6.92 Å². The van der Waals surface area contributed by atoms with Crippen LogP contribution in [0.3, 0.4) is 0 Å². The molecule has 1 fully saturated rings. The summed E-state index contributed by atoms with van der Waals surface area (Å²) in [5, 5.41) is 2.85. The fourth-order valence-corrected chi connectivity index (χ4v) is 1.80. The van der Waals surface area contributed by atoms with E-state index in [0.29, 0.717) is 12.6 Å². The van der Waals surface area contributed by atoms with Gasteiger partial charge in [-0.05, 0) is 25.7 Å². The van der Waals surface area contributed by atoms with Gasteiger partial charge in [0.05, 0.1) is 12.1 Å². The van der Waals surface area contributed by atoms with E-state index in [9.17, 15) is 4.79 Å². The first-order valence-corrected chi connectivity index (χ1v) is 5.89. The second kappa shape index (κ2) is 6.80. The van der Waals surface area contributed by atoms with Gasteiger partial charge < -0.3 is 15.8 Å². The number of carbonyl (C=O) groups is 1. The van der Waals surface area contributed by atoms with Crippen molar-refractivity contribution in [2.45, 2.75) is 51.2 Å². The maximum absolute atomic E-state index is 11.4. The van der Waals surface area contributed by atoms with E-state index in [-0.39, 0.29) is 11.9 Å². The van der Waals surface area contributed by atoms with Crippen LogP contribution in [-0.4, -0.2) is 31.2 Å². The van der Waals surface area contributed by atoms with Crippen LogP contribution in [0.5, 0.6) is 0 Å². The van der Waals surface area contributed by atoms with E-state index >= 15 is 0 Å². The molecule has 2 unspecified atom stereocenters. The summed E-state index contributed by atoms with van der Waals surface area (Å²) in [5.74, 6) is -0.0325. The Hall–Kier alpha value is -0.610. The monoisotopic (exact) mass is 214 g/mol. The number of rotatable bonds is 6. The molecule has 15 heavy (non-hydrogen) atoms. The molecule has 0 saturated carbocycles. The fraction of sp³-hybridized carbons (Fsp3) is 0.909. The minimum atomic E-state index is -0.348. The van der Waals surface area contributed by atoms with Gasteiger partial charge in [0.25, 0.3) is 0 Å². The molecule has 1 rings (SSSR count). The zero-order valence-corrected chi connectivity index (χ0v) is 9.50. The molecule has 0 aliphatic carbocycles. The van der Waals surface area contributed by atoms with Gasteiger partial charge in [0.1, 0.15) is 0 Å². The first-order valence-electron chi connectivity index (χ1n) is 5.89. The molecule has 4 heteroatoms. The Labute approximate surface area is 91.5 Å². The zero-order valence-electron chi connectivity index (χ0n) is 9.50. The Kier molecular flexibility index (Phi) is 5.65. The lowest BCUT2D eigenvalue weighted by Gasteiger charge is -2.13. The smallest absolute Gasteiger partial charge is 0.236 e. The average Bonchev–Trinajstić information content (AvgIpc) is 2.71. The van der Waals surface area contributed by atoms with Gasteiger partial charge in [-0.2, -0.15) is 0 Å². The summed E-state index contributed by atoms with van der Waals surface area (Å²) in [6.45, 7) is 3.58. The van der Waals surface area contributed by atoms with Crippen LogP contribution in [0.25, 0.3) is 0 Å². The van der Waals surface area contributed by atoms with Crippen molar-refractivity contribution < 1.29 is 9.53 Å². The highest BCUT2D eigenvalue weighted by Gasteiger charge is 2.16. The molecular formula is C11H22N2O2. The maximum Gasteiger partial charge on any atom is 0.236 e. The minimum Gasteiger partial charge on any atom is -0.378 e. The highest BCUT2D eigenvalue weighted by atomic mass is 16.5. The predicted octanol–water partition coefficient (Wildman–Crippen LogP) is 0.799. The summed E-state index contributed by atoms with van der Waals surface area (Å²) >= 11 is 0. The first kappa shape index (κ1) is 12.5. The summed E-state index contributed by atoms with van der Waals surface area (Å²) in [6.07, 6.45) is 5.22. The van der Waals surface area contributed by atoms with Crippen molar-refractivity contribution in [1.29, 1.82) is 0 Å². The van der Waals surface area contributed by atoms with Crippen LogP contribution in [0.2, 0.25) is 0 Å². The fourth-order valence-electron chi connectivity index (χ4n) is 1.80. The normalized spacial score (nSPS) is 22.7. The summed E-state index contributed by atoms with van der Waals surface area (Å²) in [5.41, 5.74) is 5.68. The molecule has 0 bridgehead atoms. The van der Waals surface area contributed by atoms with Crippen molar-refractivity contribution in [2.24, 2.45) is 5.73 Å². The van der Waals surface area contributed by atoms with Crippen molar-refractivity contribution in [3.05, 3.63) is 0 Å². The summed E-state index contributed by atoms with van der Waals surface area (Å²) in [6, 6.07) is -0.348. The number of hydrogen-bond donors (Lipinski definition) is 2. The van der Waals surface area contributed by atoms with Gasteiger partial charge in [-0.1, -0.05) is 13.3 Å². The molecule has 0 aromatic heterocycles. The Morgan fingerprint density at radius 2 is 2.47 bits per heavy atom. The second-order valence-corrected chi connectivity index (χ2v) is 4.11. The molecule has 1 saturated heterocycles. The van der Waals surface area contributed by atoms with Crippen LogP contribution in [0, 0.1) is 0 Å². The highest BCUT2D eigenvalue weighted by molar-refractivity contribution is 5.81. The Bertz CT molecular complexity index is 191. The molecule has 0 spiro atoms. The van der Waals surface area contributed by atoms with E-state index in [4.69, 9.17) is 10.5 Å². The Morgan fingerprint density at radius 1 is 1.67 bits per heavy atom. The minimum absolute atomic E-state index is 0.0325. The number of carbonyl (C=O) groups excluding carboxylic acids is 1. The third-order valence-electron chi connectivity index (χ3n) is 2.73. The third-order valence-corrected chi connectivity index (χ3v) is 2.73. The summed E-state index contributed by atoms with van der Waals surface area (Å²) < 4.78 is 5.46. The topological polar surface area (TPSA) is 64.4 Å². The number of ether oxygens (including phenoxy) is 1. The standard InChI is InChI=1S/C11H22N2O2/c1-2-4-10(12)11(14)13-7-6-9-5-3-8-15-9/h9-10H,2-8,12H2,1H3,(H,13,14). The van der Waals surface area contributed by atoms with Crippen LogP contribution >= 0.6 is 0 Å². The van der Waals surface area contributed by atoms with Crippen molar-refractivity contribution in [3.8, 4) is 0 Å². The van der Waals surface area contributed by atoms with Gasteiger partial charge >= 0.3 is 0 Å². The van der Waals surface area contributed by atoms with Gasteiger partial charge in [0, 0.05) is 13.2 Å². The molecule has 4 nitrogen and oxygen atoms in total. The molecule has 0 aromatic carbocycles. The van der Waals surface area contributed by atoms with E-state index in [2.05, 4.69) is 5.32 Å². The molecule has 88 valence electrons. The van der Waals surface area contributed by atoms with Crippen LogP contribution in [-0.2, 0) is 9.53 Å². The van der Waals surface area contributed by atoms with Gasteiger partial charge in [-0.15, -0.1) is 0 Å². The molecule has 3 N–H and O–H groups in total. The third kappa shape index (κ3) is 4.62. The predicted molar refractivity (Wildman–Crippen MR) is 59.5 cm³/mol. The summed E-state index contributed by atoms with van der Waals surface area (Å²) in [7, 11) is 0. The maximum atomic E-state index is 11.4. The lowest BCUT2D eigenvalue weighted by Crippen LogP contribution is -2.41. The van der Waals surface area contributed by atoms with Gasteiger partial charge in [-0.3, -0.25) is 4.79 Å². The summed E-state index contributed by atoms with van der Waals surface area (Å²) in [4.78, 5) is 11.4. The molecule has 0 aromatic rings. The van der Waals surface area contributed by atoms with Crippen molar-refractivity contribution >= 4 is 5.91 Å². The zero-order chi connectivity index (χ0) is 11.1. The molecule has 0 radical (unpaired) electrons. The van der Waals surface area contributed by atoms with E-state index in [1.54, 1.807) is 0 Å². The van der Waals surface area contributed by atoms with Crippen LogP contribution in [0.1, 0.15) is 39.0 Å². The van der Waals surface area contributed by atoms with Gasteiger partial charge in [0.2, 0.25) is 5.91 Å². The van der Waals surface area contributed by atoms with Crippen LogP contribution < -0.4 is 11.1 Å². The van der Waals surface area contributed by atoms with Crippen LogP contribution in [0.15, 0.2) is 0 Å². The van der Waals surface area contributed by atoms with E-state index in [0.717, 1.165) is 38.7 Å². The lowest BCUT2D eigenvalue weighted by atomic mass is 10.1. The average molecular weight is 214 g/mol. The lowest BCUT2D eigenvalue weighted by molar-refractivity contribution is -0.122. The van der Waals surface area contributed by atoms with E-state index < -0.39 is 0 Å². The number of hydrogen-bond acceptors (Lipinski definition) is 3. The first-order chi connectivity index (χ1) is 7.24. The molecular weight excluding hydrogens is 192 g/mol. The molecule has 1 amide bonds. The van der Waals surface area contributed by atoms with Crippen molar-refractivity contribution in [1.82, 2.24) is 5.32 Å². The van der Waals surface area contributed by atoms with Crippen LogP contribution in [0.4, 0.5) is 0 Å². The molecule has 1 aliphatic heterocycles. The van der Waals surface area contributed by atoms with Gasteiger partial charge in [0.15, 0.2) is 0 Å². The SMILES string of the molecule is CCCC(N)C(=O)NCCC1CCCO1. The Morgan fingerprint density at radius 3 is 3.07 bits per heavy atom. The van der Waals surface area contributed by atoms with Gasteiger partial charge in [-0.25, -0.2) is 0 Å². The van der Waals surface area contributed by atoms with Crippen molar-refractivity contribution in [2.75, 3.05) is 13.2 Å². The quantitative estimate of drug-likeness (QED) is 0.687. The number of amides is 1. The van der Waals surface area contributed by atoms with Crippen molar-refractivity contribution in [3.63, 3.8) is 0 Å². The molecule has 1 heterocycles.